The van der Waals surface area contributed by atoms with Crippen molar-refractivity contribution in [2.75, 3.05) is 32.7 Å². The van der Waals surface area contributed by atoms with E-state index in [2.05, 4.69) is 26.1 Å². The summed E-state index contributed by atoms with van der Waals surface area (Å²) in [6.07, 6.45) is 1.35. The molecule has 0 aromatic heterocycles. The van der Waals surface area contributed by atoms with Crippen molar-refractivity contribution in [2.24, 2.45) is 0 Å². The highest BCUT2D eigenvalue weighted by molar-refractivity contribution is 9.10. The molecule has 3 nitrogen and oxygen atoms in total. The van der Waals surface area contributed by atoms with Crippen LogP contribution in [-0.2, 0) is 11.2 Å². The van der Waals surface area contributed by atoms with Gasteiger partial charge in [-0.25, -0.2) is 4.39 Å². The zero-order valence-corrected chi connectivity index (χ0v) is 12.4. The number of Topliss-reactive ketones (excluding diaryl/α,β-unsaturated/α-hetero) is 1. The molecule has 104 valence electrons. The number of ketones is 1. The molecule has 2 rings (SSSR count). The normalized spacial score (nSPS) is 17.2. The van der Waals surface area contributed by atoms with E-state index in [1.54, 1.807) is 12.1 Å². The Morgan fingerprint density at radius 1 is 1.37 bits per heavy atom. The number of carbonyl (C=O) groups is 1. The molecule has 0 aliphatic carbocycles. The summed E-state index contributed by atoms with van der Waals surface area (Å²) >= 11 is 3.20. The van der Waals surface area contributed by atoms with Gasteiger partial charge in [0.15, 0.2) is 5.78 Å². The van der Waals surface area contributed by atoms with Crippen LogP contribution in [0.3, 0.4) is 0 Å². The first-order chi connectivity index (χ1) is 9.16. The summed E-state index contributed by atoms with van der Waals surface area (Å²) in [4.78, 5) is 14.2. The molecule has 1 saturated heterocycles. The molecule has 1 N–H and O–H groups in total. The maximum Gasteiger partial charge on any atom is 0.151 e. The van der Waals surface area contributed by atoms with Crippen molar-refractivity contribution >= 4 is 21.7 Å². The lowest BCUT2D eigenvalue weighted by Crippen LogP contribution is -2.33. The monoisotopic (exact) mass is 328 g/mol. The number of hydrogen-bond acceptors (Lipinski definition) is 3. The van der Waals surface area contributed by atoms with Crippen molar-refractivity contribution in [2.45, 2.75) is 12.8 Å². The van der Waals surface area contributed by atoms with Gasteiger partial charge in [-0.3, -0.25) is 9.69 Å². The van der Waals surface area contributed by atoms with Crippen LogP contribution in [0.1, 0.15) is 12.0 Å². The second kappa shape index (κ2) is 7.12. The van der Waals surface area contributed by atoms with Gasteiger partial charge in [0.05, 0.1) is 11.0 Å². The lowest BCUT2D eigenvalue weighted by molar-refractivity contribution is -0.119. The molecule has 0 radical (unpaired) electrons. The number of carbonyl (C=O) groups excluding carboxylic acids is 1. The van der Waals surface area contributed by atoms with Crippen molar-refractivity contribution < 1.29 is 9.18 Å². The fourth-order valence-electron chi connectivity index (χ4n) is 2.26. The number of nitrogens with zero attached hydrogens (tertiary/aromatic N) is 1. The summed E-state index contributed by atoms with van der Waals surface area (Å²) in [5, 5.41) is 3.31. The van der Waals surface area contributed by atoms with E-state index >= 15 is 0 Å². The Labute approximate surface area is 121 Å². The van der Waals surface area contributed by atoms with E-state index in [0.29, 0.717) is 11.0 Å². The molecule has 0 atom stereocenters. The fraction of sp³-hybridized carbons (Fsp3) is 0.500. The van der Waals surface area contributed by atoms with Crippen molar-refractivity contribution in [3.63, 3.8) is 0 Å². The number of halogens is 2. The summed E-state index contributed by atoms with van der Waals surface area (Å²) in [6.45, 7) is 4.24. The van der Waals surface area contributed by atoms with Gasteiger partial charge < -0.3 is 5.32 Å². The maximum atomic E-state index is 13.4. The summed E-state index contributed by atoms with van der Waals surface area (Å²) in [7, 11) is 0. The van der Waals surface area contributed by atoms with E-state index in [-0.39, 0.29) is 18.0 Å². The Morgan fingerprint density at radius 3 is 3.05 bits per heavy atom. The van der Waals surface area contributed by atoms with Gasteiger partial charge >= 0.3 is 0 Å². The van der Waals surface area contributed by atoms with Crippen LogP contribution >= 0.6 is 15.9 Å². The van der Waals surface area contributed by atoms with Gasteiger partial charge in [0.2, 0.25) is 0 Å². The number of nitrogens with one attached hydrogen (secondary N) is 1. The van der Waals surface area contributed by atoms with E-state index < -0.39 is 0 Å². The molecule has 1 aliphatic rings. The number of benzene rings is 1. The third-order valence-corrected chi connectivity index (χ3v) is 4.14. The number of hydrogen-bond donors (Lipinski definition) is 1. The molecule has 0 bridgehead atoms. The van der Waals surface area contributed by atoms with Gasteiger partial charge in [-0.1, -0.05) is 12.1 Å². The highest BCUT2D eigenvalue weighted by atomic mass is 79.9. The summed E-state index contributed by atoms with van der Waals surface area (Å²) in [5.74, 6) is -0.183. The first-order valence-electron chi connectivity index (χ1n) is 6.54. The average Bonchev–Trinajstić information content (AvgIpc) is 2.63. The molecular formula is C14H18BrFN2O. The summed E-state index contributed by atoms with van der Waals surface area (Å²) in [5.41, 5.74) is 0.720. The SMILES string of the molecule is O=C(Cc1cccc(F)c1Br)CN1CCCNCC1. The molecular weight excluding hydrogens is 311 g/mol. The van der Waals surface area contributed by atoms with E-state index in [0.717, 1.165) is 38.2 Å². The van der Waals surface area contributed by atoms with Gasteiger partial charge in [0, 0.05) is 19.5 Å². The van der Waals surface area contributed by atoms with Gasteiger partial charge in [-0.2, -0.15) is 0 Å². The molecule has 0 amide bonds. The topological polar surface area (TPSA) is 32.3 Å². The predicted octanol–water partition coefficient (Wildman–Crippen LogP) is 2.00. The van der Waals surface area contributed by atoms with E-state index in [4.69, 9.17) is 0 Å². The Balaban J connectivity index is 1.91. The van der Waals surface area contributed by atoms with Crippen LogP contribution < -0.4 is 5.32 Å². The molecule has 1 aliphatic heterocycles. The highest BCUT2D eigenvalue weighted by Crippen LogP contribution is 2.21. The second-order valence-corrected chi connectivity index (χ2v) is 5.60. The standard InChI is InChI=1S/C14H18BrFN2O/c15-14-11(3-1-4-13(14)16)9-12(19)10-18-7-2-5-17-6-8-18/h1,3-4,17H,2,5-10H2. The third-order valence-electron chi connectivity index (χ3n) is 3.25. The van der Waals surface area contributed by atoms with Crippen LogP contribution in [0.25, 0.3) is 0 Å². The van der Waals surface area contributed by atoms with Crippen molar-refractivity contribution in [3.8, 4) is 0 Å². The molecule has 1 fully saturated rings. The quantitative estimate of drug-likeness (QED) is 0.917. The minimum absolute atomic E-state index is 0.133. The Bertz CT molecular complexity index is 445. The molecule has 0 spiro atoms. The smallest absolute Gasteiger partial charge is 0.151 e. The zero-order chi connectivity index (χ0) is 13.7. The minimum Gasteiger partial charge on any atom is -0.315 e. The molecule has 19 heavy (non-hydrogen) atoms. The molecule has 1 aromatic rings. The van der Waals surface area contributed by atoms with E-state index in [1.807, 2.05) is 0 Å². The van der Waals surface area contributed by atoms with Crippen LogP contribution in [0.2, 0.25) is 0 Å². The first kappa shape index (κ1) is 14.6. The van der Waals surface area contributed by atoms with Crippen LogP contribution in [0.4, 0.5) is 4.39 Å². The first-order valence-corrected chi connectivity index (χ1v) is 7.34. The van der Waals surface area contributed by atoms with E-state index in [9.17, 15) is 9.18 Å². The van der Waals surface area contributed by atoms with Gasteiger partial charge in [-0.05, 0) is 47.1 Å². The second-order valence-electron chi connectivity index (χ2n) is 4.81. The summed E-state index contributed by atoms with van der Waals surface area (Å²) < 4.78 is 13.8. The summed E-state index contributed by atoms with van der Waals surface area (Å²) in [6, 6.07) is 4.81. The lowest BCUT2D eigenvalue weighted by Gasteiger charge is -2.18. The Hall–Kier alpha value is -0.780. The van der Waals surface area contributed by atoms with Crippen molar-refractivity contribution in [1.82, 2.24) is 10.2 Å². The van der Waals surface area contributed by atoms with Crippen LogP contribution in [-0.4, -0.2) is 43.4 Å². The zero-order valence-electron chi connectivity index (χ0n) is 10.8. The Kier molecular flexibility index (Phi) is 5.48. The predicted molar refractivity (Wildman–Crippen MR) is 76.7 cm³/mol. The molecule has 1 heterocycles. The molecule has 1 aromatic carbocycles. The highest BCUT2D eigenvalue weighted by Gasteiger charge is 2.15. The van der Waals surface area contributed by atoms with Crippen LogP contribution in [0, 0.1) is 5.82 Å². The molecule has 5 heteroatoms. The van der Waals surface area contributed by atoms with Gasteiger partial charge in [0.1, 0.15) is 5.82 Å². The van der Waals surface area contributed by atoms with Crippen molar-refractivity contribution in [3.05, 3.63) is 34.1 Å². The third kappa shape index (κ3) is 4.37. The Morgan fingerprint density at radius 2 is 2.21 bits per heavy atom. The van der Waals surface area contributed by atoms with Crippen LogP contribution in [0.15, 0.2) is 22.7 Å². The van der Waals surface area contributed by atoms with Crippen LogP contribution in [0.5, 0.6) is 0 Å². The van der Waals surface area contributed by atoms with E-state index in [1.165, 1.54) is 6.07 Å². The molecule has 0 unspecified atom stereocenters. The lowest BCUT2D eigenvalue weighted by atomic mass is 10.1. The molecule has 0 saturated carbocycles. The van der Waals surface area contributed by atoms with Gasteiger partial charge in [0.25, 0.3) is 0 Å². The van der Waals surface area contributed by atoms with Crippen molar-refractivity contribution in [1.29, 1.82) is 0 Å². The maximum absolute atomic E-state index is 13.4. The number of rotatable bonds is 4. The van der Waals surface area contributed by atoms with Gasteiger partial charge in [-0.15, -0.1) is 0 Å². The largest absolute Gasteiger partial charge is 0.315 e. The minimum atomic E-state index is -0.315. The fourth-order valence-corrected chi connectivity index (χ4v) is 2.67. The average molecular weight is 329 g/mol.